The van der Waals surface area contributed by atoms with Gasteiger partial charge in [-0.25, -0.2) is 4.68 Å². The first-order chi connectivity index (χ1) is 13.2. The fourth-order valence-corrected chi connectivity index (χ4v) is 3.39. The van der Waals surface area contributed by atoms with Crippen LogP contribution in [0.4, 0.5) is 0 Å². The van der Waals surface area contributed by atoms with Crippen molar-refractivity contribution in [3.05, 3.63) is 85.1 Å². The minimum absolute atomic E-state index is 0.169. The summed E-state index contributed by atoms with van der Waals surface area (Å²) in [5, 5.41) is 18.5. The van der Waals surface area contributed by atoms with E-state index in [1.54, 1.807) is 59.4 Å². The van der Waals surface area contributed by atoms with Crippen molar-refractivity contribution in [2.45, 2.75) is 0 Å². The predicted molar refractivity (Wildman–Crippen MR) is 103 cm³/mol. The first-order valence-corrected chi connectivity index (χ1v) is 9.39. The quantitative estimate of drug-likeness (QED) is 0.531. The first kappa shape index (κ1) is 16.9. The second-order valence-corrected chi connectivity index (χ2v) is 6.99. The van der Waals surface area contributed by atoms with Gasteiger partial charge < -0.3 is 5.11 Å². The molecule has 0 saturated heterocycles. The van der Waals surface area contributed by atoms with Crippen LogP contribution in [0, 0.1) is 0 Å². The number of rotatable bonds is 5. The molecule has 1 aromatic heterocycles. The van der Waals surface area contributed by atoms with Crippen molar-refractivity contribution in [1.82, 2.24) is 15.0 Å². The van der Waals surface area contributed by atoms with E-state index < -0.39 is 8.03 Å². The van der Waals surface area contributed by atoms with Crippen molar-refractivity contribution in [1.29, 1.82) is 0 Å². The van der Waals surface area contributed by atoms with E-state index in [2.05, 4.69) is 10.3 Å². The third-order valence-electron chi connectivity index (χ3n) is 3.87. The van der Waals surface area contributed by atoms with Crippen LogP contribution in [0.25, 0.3) is 16.9 Å². The number of nitrogens with zero attached hydrogens (tertiary/aromatic N) is 3. The Bertz CT molecular complexity index is 1100. The predicted octanol–water partition coefficient (Wildman–Crippen LogP) is 4.09. The van der Waals surface area contributed by atoms with Gasteiger partial charge in [0.05, 0.1) is 11.9 Å². The van der Waals surface area contributed by atoms with Gasteiger partial charge in [0.2, 0.25) is 5.30 Å². The highest BCUT2D eigenvalue weighted by molar-refractivity contribution is 7.48. The Labute approximate surface area is 156 Å². The Morgan fingerprint density at radius 3 is 2.56 bits per heavy atom. The molecule has 4 aromatic rings. The van der Waals surface area contributed by atoms with E-state index >= 15 is 0 Å². The maximum Gasteiger partial charge on any atom is 0.597 e. The van der Waals surface area contributed by atoms with Gasteiger partial charge in [-0.1, -0.05) is 41.6 Å². The molecule has 7 heteroatoms. The Balaban J connectivity index is 1.57. The standard InChI is InChI=1S/C20H14N3O3P/c24-17-8-4-6-15(12-17)20-14-23(22-21-20)16-7-5-9-18(13-16)26-27(25)19-10-2-1-3-11-19/h1-14H/p+1. The van der Waals surface area contributed by atoms with Crippen LogP contribution in [0.5, 0.6) is 11.5 Å². The summed E-state index contributed by atoms with van der Waals surface area (Å²) < 4.78 is 19.5. The molecular formula is C20H15N3O3P+. The highest BCUT2D eigenvalue weighted by Gasteiger charge is 2.23. The fourth-order valence-electron chi connectivity index (χ4n) is 2.57. The van der Waals surface area contributed by atoms with Crippen LogP contribution in [0.3, 0.4) is 0 Å². The molecule has 6 nitrogen and oxygen atoms in total. The van der Waals surface area contributed by atoms with Crippen LogP contribution in [0.1, 0.15) is 0 Å². The second-order valence-electron chi connectivity index (χ2n) is 5.78. The highest BCUT2D eigenvalue weighted by atomic mass is 31.1. The van der Waals surface area contributed by atoms with Crippen LogP contribution in [0.2, 0.25) is 0 Å². The Morgan fingerprint density at radius 2 is 1.74 bits per heavy atom. The van der Waals surface area contributed by atoms with Crippen molar-refractivity contribution in [2.75, 3.05) is 0 Å². The molecule has 0 amide bonds. The normalized spacial score (nSPS) is 11.2. The van der Waals surface area contributed by atoms with Crippen molar-refractivity contribution in [3.8, 4) is 28.4 Å². The van der Waals surface area contributed by atoms with E-state index in [-0.39, 0.29) is 5.75 Å². The molecule has 132 valence electrons. The molecule has 1 atom stereocenters. The molecule has 0 saturated carbocycles. The maximum atomic E-state index is 12.4. The van der Waals surface area contributed by atoms with Gasteiger partial charge in [0.25, 0.3) is 0 Å². The van der Waals surface area contributed by atoms with Crippen LogP contribution in [-0.2, 0) is 4.57 Å². The first-order valence-electron chi connectivity index (χ1n) is 8.21. The third-order valence-corrected chi connectivity index (χ3v) is 4.97. The van der Waals surface area contributed by atoms with E-state index in [9.17, 15) is 9.67 Å². The van der Waals surface area contributed by atoms with E-state index in [1.807, 2.05) is 30.3 Å². The largest absolute Gasteiger partial charge is 0.597 e. The number of aromatic hydroxyl groups is 1. The van der Waals surface area contributed by atoms with Gasteiger partial charge in [-0.15, -0.1) is 5.10 Å². The topological polar surface area (TPSA) is 77.2 Å². The summed E-state index contributed by atoms with van der Waals surface area (Å²) in [5.74, 6) is 0.647. The number of hydrogen-bond donors (Lipinski definition) is 1. The number of phenols is 1. The Morgan fingerprint density at radius 1 is 0.926 bits per heavy atom. The molecule has 0 aliphatic heterocycles. The van der Waals surface area contributed by atoms with E-state index in [4.69, 9.17) is 4.52 Å². The lowest BCUT2D eigenvalue weighted by Crippen LogP contribution is -1.99. The maximum absolute atomic E-state index is 12.4. The third kappa shape index (κ3) is 3.86. The van der Waals surface area contributed by atoms with Gasteiger partial charge in [-0.3, -0.25) is 4.52 Å². The summed E-state index contributed by atoms with van der Waals surface area (Å²) >= 11 is 0. The zero-order valence-corrected chi connectivity index (χ0v) is 15.0. The molecule has 1 heterocycles. The molecule has 0 radical (unpaired) electrons. The Hall–Kier alpha value is -3.50. The molecular weight excluding hydrogens is 361 g/mol. The lowest BCUT2D eigenvalue weighted by Gasteiger charge is -2.01. The Kier molecular flexibility index (Phi) is 4.64. The monoisotopic (exact) mass is 376 g/mol. The molecule has 0 bridgehead atoms. The minimum Gasteiger partial charge on any atom is -0.508 e. The summed E-state index contributed by atoms with van der Waals surface area (Å²) in [6, 6.07) is 23.0. The molecule has 4 rings (SSSR count). The molecule has 0 aliphatic carbocycles. The summed E-state index contributed by atoms with van der Waals surface area (Å²) in [4.78, 5) is 0. The van der Waals surface area contributed by atoms with E-state index in [1.165, 1.54) is 0 Å². The number of aromatic nitrogens is 3. The lowest BCUT2D eigenvalue weighted by atomic mass is 10.1. The summed E-state index contributed by atoms with van der Waals surface area (Å²) in [7, 11) is -1.99. The van der Waals surface area contributed by atoms with E-state index in [0.29, 0.717) is 16.7 Å². The number of hydrogen-bond acceptors (Lipinski definition) is 5. The minimum atomic E-state index is -1.99. The van der Waals surface area contributed by atoms with Gasteiger partial charge in [-0.05, 0) is 41.0 Å². The van der Waals surface area contributed by atoms with Crippen molar-refractivity contribution in [2.24, 2.45) is 0 Å². The van der Waals surface area contributed by atoms with Crippen molar-refractivity contribution in [3.63, 3.8) is 0 Å². The number of phenolic OH excluding ortho intramolecular Hbond substituents is 1. The average Bonchev–Trinajstić information content (AvgIpc) is 3.19. The van der Waals surface area contributed by atoms with Gasteiger partial charge >= 0.3 is 8.03 Å². The lowest BCUT2D eigenvalue weighted by molar-refractivity contribution is 0.475. The summed E-state index contributed by atoms with van der Waals surface area (Å²) in [5.41, 5.74) is 2.12. The van der Waals surface area contributed by atoms with Crippen molar-refractivity contribution < 1.29 is 14.2 Å². The van der Waals surface area contributed by atoms with Gasteiger partial charge in [-0.2, -0.15) is 0 Å². The van der Waals surface area contributed by atoms with Gasteiger partial charge in [0.1, 0.15) is 11.4 Å². The SMILES string of the molecule is O=[P+](Oc1cccc(-n2cc(-c3cccc(O)c3)nn2)c1)c1ccccc1. The molecule has 27 heavy (non-hydrogen) atoms. The molecule has 0 aliphatic rings. The van der Waals surface area contributed by atoms with Crippen molar-refractivity contribution >= 4 is 13.3 Å². The number of benzene rings is 3. The van der Waals surface area contributed by atoms with Crippen LogP contribution < -0.4 is 9.83 Å². The smallest absolute Gasteiger partial charge is 0.508 e. The van der Waals surface area contributed by atoms with Gasteiger partial charge in [0, 0.05) is 11.6 Å². The van der Waals surface area contributed by atoms with E-state index in [0.717, 1.165) is 11.3 Å². The van der Waals surface area contributed by atoms with Crippen LogP contribution in [-0.4, -0.2) is 20.1 Å². The summed E-state index contributed by atoms with van der Waals surface area (Å²) in [6.45, 7) is 0. The van der Waals surface area contributed by atoms with Crippen LogP contribution in [0.15, 0.2) is 85.1 Å². The average molecular weight is 376 g/mol. The second kappa shape index (κ2) is 7.40. The fraction of sp³-hybridized carbons (Fsp3) is 0. The molecule has 1 unspecified atom stereocenters. The zero-order chi connectivity index (χ0) is 18.6. The molecule has 1 N–H and O–H groups in total. The molecule has 3 aromatic carbocycles. The zero-order valence-electron chi connectivity index (χ0n) is 14.1. The highest BCUT2D eigenvalue weighted by Crippen LogP contribution is 2.28. The molecule has 0 spiro atoms. The summed E-state index contributed by atoms with van der Waals surface area (Å²) in [6.07, 6.45) is 1.76. The van der Waals surface area contributed by atoms with Gasteiger partial charge in [0.15, 0.2) is 5.75 Å². The molecule has 0 fully saturated rings. The van der Waals surface area contributed by atoms with Crippen LogP contribution >= 0.6 is 8.03 Å².